The normalized spacial score (nSPS) is 11.0. The highest BCUT2D eigenvalue weighted by Gasteiger charge is 2.29. The number of hydrogen-bond acceptors (Lipinski definition) is 4. The van der Waals surface area contributed by atoms with Gasteiger partial charge in [-0.2, -0.15) is 0 Å². The lowest BCUT2D eigenvalue weighted by molar-refractivity contribution is 0.0969. The summed E-state index contributed by atoms with van der Waals surface area (Å²) in [5, 5.41) is 3.56. The SMILES string of the molecule is COc1ccc(C(=O)N(CC(C)(C)CCCCCCN=[N+]=[N-])c2cccc(C)n2)c(F)c1. The van der Waals surface area contributed by atoms with Gasteiger partial charge >= 0.3 is 0 Å². The van der Waals surface area contributed by atoms with Crippen LogP contribution in [0.2, 0.25) is 0 Å². The monoisotopic (exact) mass is 441 g/mol. The number of hydrogen-bond donors (Lipinski definition) is 0. The van der Waals surface area contributed by atoms with Crippen LogP contribution < -0.4 is 9.64 Å². The van der Waals surface area contributed by atoms with Gasteiger partial charge in [-0.05, 0) is 55.0 Å². The molecule has 0 spiro atoms. The molecule has 0 bridgehead atoms. The molecule has 0 aliphatic carbocycles. The Morgan fingerprint density at radius 1 is 1.22 bits per heavy atom. The summed E-state index contributed by atoms with van der Waals surface area (Å²) in [5.74, 6) is -0.178. The van der Waals surface area contributed by atoms with Crippen LogP contribution in [0.1, 0.15) is 62.0 Å². The van der Waals surface area contributed by atoms with Crippen LogP contribution in [-0.2, 0) is 0 Å². The topological polar surface area (TPSA) is 91.2 Å². The summed E-state index contributed by atoms with van der Waals surface area (Å²) in [7, 11) is 1.46. The number of benzene rings is 1. The molecule has 1 amide bonds. The molecule has 0 fully saturated rings. The van der Waals surface area contributed by atoms with E-state index in [1.165, 1.54) is 19.2 Å². The Labute approximate surface area is 189 Å². The van der Waals surface area contributed by atoms with Crippen molar-refractivity contribution in [1.82, 2.24) is 4.98 Å². The molecular formula is C24H32FN5O2. The summed E-state index contributed by atoms with van der Waals surface area (Å²) >= 11 is 0. The zero-order valence-electron chi connectivity index (χ0n) is 19.3. The minimum atomic E-state index is -0.621. The molecule has 8 heteroatoms. The van der Waals surface area contributed by atoms with Gasteiger partial charge < -0.3 is 4.74 Å². The number of carbonyl (C=O) groups is 1. The maximum Gasteiger partial charge on any atom is 0.262 e. The summed E-state index contributed by atoms with van der Waals surface area (Å²) in [6.45, 7) is 7.00. The molecule has 0 saturated heterocycles. The highest BCUT2D eigenvalue weighted by Crippen LogP contribution is 2.29. The maximum absolute atomic E-state index is 14.7. The Balaban J connectivity index is 2.17. The molecule has 0 aliphatic rings. The molecule has 0 atom stereocenters. The van der Waals surface area contributed by atoms with Crippen molar-refractivity contribution in [2.24, 2.45) is 10.5 Å². The van der Waals surface area contributed by atoms with E-state index in [1.807, 2.05) is 19.1 Å². The minimum Gasteiger partial charge on any atom is -0.497 e. The van der Waals surface area contributed by atoms with Gasteiger partial charge in [0.15, 0.2) is 0 Å². The number of pyridine rings is 1. The predicted molar refractivity (Wildman–Crippen MR) is 124 cm³/mol. The summed E-state index contributed by atoms with van der Waals surface area (Å²) in [6, 6.07) is 9.74. The lowest BCUT2D eigenvalue weighted by Gasteiger charge is -2.32. The van der Waals surface area contributed by atoms with Gasteiger partial charge in [-0.1, -0.05) is 44.3 Å². The molecule has 1 heterocycles. The second-order valence-corrected chi connectivity index (χ2v) is 8.66. The van der Waals surface area contributed by atoms with E-state index in [0.29, 0.717) is 24.7 Å². The van der Waals surface area contributed by atoms with Gasteiger partial charge in [-0.3, -0.25) is 9.69 Å². The third-order valence-electron chi connectivity index (χ3n) is 5.31. The number of anilines is 1. The molecular weight excluding hydrogens is 409 g/mol. The van der Waals surface area contributed by atoms with Crippen LogP contribution in [0.25, 0.3) is 10.4 Å². The van der Waals surface area contributed by atoms with Gasteiger partial charge in [0.1, 0.15) is 17.4 Å². The van der Waals surface area contributed by atoms with Crippen LogP contribution in [0, 0.1) is 18.2 Å². The number of aryl methyl sites for hydroxylation is 1. The van der Waals surface area contributed by atoms with E-state index in [0.717, 1.165) is 37.8 Å². The Hall–Kier alpha value is -3.12. The molecule has 7 nitrogen and oxygen atoms in total. The maximum atomic E-state index is 14.7. The van der Waals surface area contributed by atoms with Crippen molar-refractivity contribution in [3.8, 4) is 5.75 Å². The van der Waals surface area contributed by atoms with Crippen LogP contribution in [-0.4, -0.2) is 31.1 Å². The van der Waals surface area contributed by atoms with Crippen molar-refractivity contribution in [3.63, 3.8) is 0 Å². The number of carbonyl (C=O) groups excluding carboxylic acids is 1. The fraction of sp³-hybridized carbons (Fsp3) is 0.500. The van der Waals surface area contributed by atoms with Gasteiger partial charge in [-0.15, -0.1) is 0 Å². The summed E-state index contributed by atoms with van der Waals surface area (Å²) < 4.78 is 19.7. The van der Waals surface area contributed by atoms with Gasteiger partial charge in [-0.25, -0.2) is 9.37 Å². The van der Waals surface area contributed by atoms with E-state index in [4.69, 9.17) is 10.3 Å². The number of ether oxygens (including phenoxy) is 1. The van der Waals surface area contributed by atoms with E-state index in [2.05, 4.69) is 28.9 Å². The highest BCUT2D eigenvalue weighted by atomic mass is 19.1. The number of aromatic nitrogens is 1. The first-order valence-electron chi connectivity index (χ1n) is 10.9. The van der Waals surface area contributed by atoms with Crippen molar-refractivity contribution >= 4 is 11.7 Å². The number of unbranched alkanes of at least 4 members (excludes halogenated alkanes) is 3. The van der Waals surface area contributed by atoms with E-state index in [1.54, 1.807) is 17.0 Å². The highest BCUT2D eigenvalue weighted by molar-refractivity contribution is 6.05. The van der Waals surface area contributed by atoms with Gasteiger partial charge in [0, 0.05) is 29.8 Å². The van der Waals surface area contributed by atoms with Crippen molar-refractivity contribution in [3.05, 3.63) is 63.9 Å². The first kappa shape index (κ1) is 25.1. The average Bonchev–Trinajstić information content (AvgIpc) is 2.76. The fourth-order valence-electron chi connectivity index (χ4n) is 3.57. The summed E-state index contributed by atoms with van der Waals surface area (Å²) in [5.41, 5.74) is 8.91. The lowest BCUT2D eigenvalue weighted by atomic mass is 9.86. The second kappa shape index (κ2) is 12.1. The zero-order chi connectivity index (χ0) is 23.6. The average molecular weight is 442 g/mol. The number of halogens is 1. The first-order valence-corrected chi connectivity index (χ1v) is 10.9. The molecule has 2 aromatic rings. The molecule has 1 aromatic carbocycles. The Morgan fingerprint density at radius 2 is 1.97 bits per heavy atom. The van der Waals surface area contributed by atoms with E-state index in [-0.39, 0.29) is 11.0 Å². The van der Waals surface area contributed by atoms with Crippen LogP contribution >= 0.6 is 0 Å². The van der Waals surface area contributed by atoms with Crippen molar-refractivity contribution in [2.75, 3.05) is 25.1 Å². The smallest absolute Gasteiger partial charge is 0.262 e. The van der Waals surface area contributed by atoms with Crippen LogP contribution in [0.5, 0.6) is 5.75 Å². The summed E-state index contributed by atoms with van der Waals surface area (Å²) in [6.07, 6.45) is 4.78. The first-order chi connectivity index (χ1) is 15.3. The van der Waals surface area contributed by atoms with Crippen LogP contribution in [0.3, 0.4) is 0 Å². The third kappa shape index (κ3) is 7.54. The molecule has 1 aromatic heterocycles. The lowest BCUT2D eigenvalue weighted by Crippen LogP contribution is -2.40. The molecule has 0 radical (unpaired) electrons. The molecule has 172 valence electrons. The van der Waals surface area contributed by atoms with Crippen molar-refractivity contribution in [1.29, 1.82) is 0 Å². The van der Waals surface area contributed by atoms with Gasteiger partial charge in [0.2, 0.25) is 0 Å². The molecule has 0 saturated carbocycles. The Bertz CT molecular complexity index is 957. The van der Waals surface area contributed by atoms with Crippen LogP contribution in [0.15, 0.2) is 41.5 Å². The number of amides is 1. The van der Waals surface area contributed by atoms with E-state index < -0.39 is 11.7 Å². The third-order valence-corrected chi connectivity index (χ3v) is 5.31. The van der Waals surface area contributed by atoms with Crippen molar-refractivity contribution in [2.45, 2.75) is 52.9 Å². The second-order valence-electron chi connectivity index (χ2n) is 8.66. The van der Waals surface area contributed by atoms with Gasteiger partial charge in [0.25, 0.3) is 5.91 Å². The van der Waals surface area contributed by atoms with Crippen molar-refractivity contribution < 1.29 is 13.9 Å². The fourth-order valence-corrected chi connectivity index (χ4v) is 3.57. The molecule has 32 heavy (non-hydrogen) atoms. The minimum absolute atomic E-state index is 0.0112. The van der Waals surface area contributed by atoms with E-state index >= 15 is 0 Å². The van der Waals surface area contributed by atoms with Gasteiger partial charge in [0.05, 0.1) is 12.7 Å². The number of nitrogens with zero attached hydrogens (tertiary/aromatic N) is 5. The van der Waals surface area contributed by atoms with Crippen LogP contribution in [0.4, 0.5) is 10.2 Å². The molecule has 0 aliphatic heterocycles. The largest absolute Gasteiger partial charge is 0.497 e. The molecule has 0 N–H and O–H groups in total. The molecule has 0 unspecified atom stereocenters. The Morgan fingerprint density at radius 3 is 2.62 bits per heavy atom. The number of methoxy groups -OCH3 is 1. The summed E-state index contributed by atoms with van der Waals surface area (Å²) in [4.78, 5) is 22.3. The number of azide groups is 1. The quantitative estimate of drug-likeness (QED) is 0.163. The number of rotatable bonds is 12. The molecule has 2 rings (SSSR count). The predicted octanol–water partition coefficient (Wildman–Crippen LogP) is 6.47. The Kier molecular flexibility index (Phi) is 9.47. The van der Waals surface area contributed by atoms with E-state index in [9.17, 15) is 9.18 Å². The standard InChI is InChI=1S/C24H32FN5O2/c1-18-10-9-11-22(28-18)30(23(31)20-13-12-19(32-4)16-21(20)25)17-24(2,3)14-7-5-6-8-15-27-29-26/h9-13,16H,5-8,14-15,17H2,1-4H3. The zero-order valence-corrected chi connectivity index (χ0v) is 19.3.